The summed E-state index contributed by atoms with van der Waals surface area (Å²) in [5, 5.41) is 0. The number of likely N-dealkylation sites (tertiary alicyclic amines) is 1. The van der Waals surface area contributed by atoms with Gasteiger partial charge in [0.15, 0.2) is 0 Å². The van der Waals surface area contributed by atoms with Gasteiger partial charge in [-0.1, -0.05) is 30.7 Å². The molecule has 0 aromatic heterocycles. The standard InChI is InChI=1S/C16H23N/c1-12-6-3-4-8-14(12)15-9-5-7-13-10-17(2)11-16(13)15/h3-4,6,8,13,15-16H,5,7,9-11H2,1-2H3. The average molecular weight is 229 g/mol. The summed E-state index contributed by atoms with van der Waals surface area (Å²) in [5.41, 5.74) is 3.12. The highest BCUT2D eigenvalue weighted by atomic mass is 15.1. The third kappa shape index (κ3) is 2.01. The van der Waals surface area contributed by atoms with E-state index in [9.17, 15) is 0 Å². The van der Waals surface area contributed by atoms with Crippen molar-refractivity contribution in [3.05, 3.63) is 35.4 Å². The van der Waals surface area contributed by atoms with Gasteiger partial charge in [-0.05, 0) is 55.7 Å². The Hall–Kier alpha value is -0.820. The zero-order chi connectivity index (χ0) is 11.8. The molecule has 2 aliphatic rings. The molecule has 0 N–H and O–H groups in total. The van der Waals surface area contributed by atoms with Crippen molar-refractivity contribution in [2.24, 2.45) is 11.8 Å². The Balaban J connectivity index is 1.90. The largest absolute Gasteiger partial charge is 0.306 e. The molecule has 1 aromatic rings. The highest BCUT2D eigenvalue weighted by Crippen LogP contribution is 2.45. The van der Waals surface area contributed by atoms with Crippen molar-refractivity contribution in [2.75, 3.05) is 20.1 Å². The summed E-state index contributed by atoms with van der Waals surface area (Å²) in [6.45, 7) is 4.91. The van der Waals surface area contributed by atoms with E-state index in [1.807, 2.05) is 0 Å². The van der Waals surface area contributed by atoms with E-state index in [2.05, 4.69) is 43.1 Å². The Morgan fingerprint density at radius 2 is 1.94 bits per heavy atom. The molecule has 1 aliphatic carbocycles. The van der Waals surface area contributed by atoms with Crippen molar-refractivity contribution in [1.82, 2.24) is 4.90 Å². The van der Waals surface area contributed by atoms with Gasteiger partial charge in [0.25, 0.3) is 0 Å². The van der Waals surface area contributed by atoms with E-state index in [-0.39, 0.29) is 0 Å². The van der Waals surface area contributed by atoms with Gasteiger partial charge in [-0.25, -0.2) is 0 Å². The van der Waals surface area contributed by atoms with E-state index >= 15 is 0 Å². The third-order valence-electron chi connectivity index (χ3n) is 4.87. The Morgan fingerprint density at radius 3 is 2.76 bits per heavy atom. The summed E-state index contributed by atoms with van der Waals surface area (Å²) < 4.78 is 0. The second-order valence-corrected chi connectivity index (χ2v) is 6.04. The number of hydrogen-bond donors (Lipinski definition) is 0. The maximum atomic E-state index is 2.53. The van der Waals surface area contributed by atoms with Crippen LogP contribution in [-0.2, 0) is 0 Å². The normalized spacial score (nSPS) is 33.6. The van der Waals surface area contributed by atoms with Crippen LogP contribution < -0.4 is 0 Å². The summed E-state index contributed by atoms with van der Waals surface area (Å²) in [6.07, 6.45) is 4.28. The first-order valence-electron chi connectivity index (χ1n) is 7.00. The summed E-state index contributed by atoms with van der Waals surface area (Å²) in [6, 6.07) is 9.02. The fourth-order valence-electron chi connectivity index (χ4n) is 4.08. The lowest BCUT2D eigenvalue weighted by Crippen LogP contribution is -2.26. The highest BCUT2D eigenvalue weighted by Gasteiger charge is 2.39. The summed E-state index contributed by atoms with van der Waals surface area (Å²) in [7, 11) is 2.28. The van der Waals surface area contributed by atoms with Gasteiger partial charge < -0.3 is 4.90 Å². The molecule has 3 unspecified atom stereocenters. The van der Waals surface area contributed by atoms with Crippen LogP contribution in [0.15, 0.2) is 24.3 Å². The van der Waals surface area contributed by atoms with Gasteiger partial charge in [-0.3, -0.25) is 0 Å². The Kier molecular flexibility index (Phi) is 2.96. The van der Waals surface area contributed by atoms with E-state index in [4.69, 9.17) is 0 Å². The topological polar surface area (TPSA) is 3.24 Å². The van der Waals surface area contributed by atoms with Crippen molar-refractivity contribution in [1.29, 1.82) is 0 Å². The molecular weight excluding hydrogens is 206 g/mol. The zero-order valence-corrected chi connectivity index (χ0v) is 11.0. The highest BCUT2D eigenvalue weighted by molar-refractivity contribution is 5.30. The molecule has 3 atom stereocenters. The number of aryl methyl sites for hydroxylation is 1. The minimum absolute atomic E-state index is 0.819. The van der Waals surface area contributed by atoms with E-state index in [0.29, 0.717) is 0 Å². The predicted octanol–water partition coefficient (Wildman–Crippen LogP) is 3.44. The van der Waals surface area contributed by atoms with Crippen LogP contribution in [0.5, 0.6) is 0 Å². The van der Waals surface area contributed by atoms with Gasteiger partial charge in [0.05, 0.1) is 0 Å². The minimum atomic E-state index is 0.819. The minimum Gasteiger partial charge on any atom is -0.306 e. The SMILES string of the molecule is Cc1ccccc1C1CCCC2CN(C)CC21. The predicted molar refractivity (Wildman–Crippen MR) is 72.2 cm³/mol. The second kappa shape index (κ2) is 4.45. The molecule has 1 nitrogen and oxygen atoms in total. The average Bonchev–Trinajstić information content (AvgIpc) is 2.70. The van der Waals surface area contributed by atoms with Crippen LogP contribution in [-0.4, -0.2) is 25.0 Å². The van der Waals surface area contributed by atoms with Crippen LogP contribution in [0.1, 0.15) is 36.3 Å². The molecule has 1 saturated heterocycles. The second-order valence-electron chi connectivity index (χ2n) is 6.04. The maximum absolute atomic E-state index is 2.53. The van der Waals surface area contributed by atoms with Crippen molar-refractivity contribution < 1.29 is 0 Å². The molecule has 3 rings (SSSR count). The molecule has 92 valence electrons. The molecule has 1 aliphatic heterocycles. The zero-order valence-electron chi connectivity index (χ0n) is 11.0. The molecule has 0 radical (unpaired) electrons. The molecular formula is C16H23N. The molecule has 0 amide bonds. The Morgan fingerprint density at radius 1 is 1.12 bits per heavy atom. The van der Waals surface area contributed by atoms with Gasteiger partial charge in [0.1, 0.15) is 0 Å². The summed E-state index contributed by atoms with van der Waals surface area (Å²) in [5.74, 6) is 2.69. The molecule has 2 fully saturated rings. The first-order chi connectivity index (χ1) is 8.25. The quantitative estimate of drug-likeness (QED) is 0.713. The van der Waals surface area contributed by atoms with Crippen LogP contribution in [0, 0.1) is 18.8 Å². The van der Waals surface area contributed by atoms with E-state index in [1.54, 1.807) is 5.56 Å². The fraction of sp³-hybridized carbons (Fsp3) is 0.625. The summed E-state index contributed by atoms with van der Waals surface area (Å²) in [4.78, 5) is 2.53. The monoisotopic (exact) mass is 229 g/mol. The van der Waals surface area contributed by atoms with E-state index in [1.165, 1.54) is 37.9 Å². The molecule has 1 saturated carbocycles. The number of hydrogen-bond acceptors (Lipinski definition) is 1. The lowest BCUT2D eigenvalue weighted by molar-refractivity contribution is 0.257. The third-order valence-corrected chi connectivity index (χ3v) is 4.87. The first-order valence-corrected chi connectivity index (χ1v) is 7.00. The van der Waals surface area contributed by atoms with Crippen molar-refractivity contribution in [3.8, 4) is 0 Å². The van der Waals surface area contributed by atoms with Crippen LogP contribution in [0.4, 0.5) is 0 Å². The van der Waals surface area contributed by atoms with E-state index < -0.39 is 0 Å². The lowest BCUT2D eigenvalue weighted by atomic mass is 9.70. The molecule has 0 bridgehead atoms. The molecule has 1 heteroatoms. The van der Waals surface area contributed by atoms with Gasteiger partial charge in [-0.2, -0.15) is 0 Å². The van der Waals surface area contributed by atoms with Gasteiger partial charge >= 0.3 is 0 Å². The van der Waals surface area contributed by atoms with Crippen molar-refractivity contribution in [2.45, 2.75) is 32.1 Å². The number of benzene rings is 1. The maximum Gasteiger partial charge on any atom is 0.00157 e. The fourth-order valence-corrected chi connectivity index (χ4v) is 4.08. The van der Waals surface area contributed by atoms with Crippen molar-refractivity contribution >= 4 is 0 Å². The Labute approximate surface area is 105 Å². The summed E-state index contributed by atoms with van der Waals surface area (Å²) >= 11 is 0. The number of fused-ring (bicyclic) bond motifs is 1. The van der Waals surface area contributed by atoms with Gasteiger partial charge in [0.2, 0.25) is 0 Å². The smallest absolute Gasteiger partial charge is 0.00157 e. The van der Waals surface area contributed by atoms with Crippen molar-refractivity contribution in [3.63, 3.8) is 0 Å². The van der Waals surface area contributed by atoms with E-state index in [0.717, 1.165) is 17.8 Å². The van der Waals surface area contributed by atoms with Crippen LogP contribution in [0.2, 0.25) is 0 Å². The lowest BCUT2D eigenvalue weighted by Gasteiger charge is -2.34. The molecule has 1 heterocycles. The molecule has 0 spiro atoms. The number of rotatable bonds is 1. The van der Waals surface area contributed by atoms with Crippen LogP contribution in [0.25, 0.3) is 0 Å². The van der Waals surface area contributed by atoms with Crippen LogP contribution in [0.3, 0.4) is 0 Å². The number of nitrogens with zero attached hydrogens (tertiary/aromatic N) is 1. The first kappa shape index (κ1) is 11.3. The Bertz CT molecular complexity index is 398. The molecule has 1 aromatic carbocycles. The molecule has 17 heavy (non-hydrogen) atoms. The van der Waals surface area contributed by atoms with Gasteiger partial charge in [-0.15, -0.1) is 0 Å². The van der Waals surface area contributed by atoms with Crippen LogP contribution >= 0.6 is 0 Å². The van der Waals surface area contributed by atoms with Gasteiger partial charge in [0, 0.05) is 13.1 Å².